The molecule has 3 aromatic rings. The van der Waals surface area contributed by atoms with E-state index in [0.717, 1.165) is 5.56 Å². The molecule has 0 saturated carbocycles. The Morgan fingerprint density at radius 3 is 2.45 bits per heavy atom. The second-order valence-electron chi connectivity index (χ2n) is 4.72. The largest absolute Gasteiger partial charge is 0.322 e. The van der Waals surface area contributed by atoms with E-state index in [4.69, 9.17) is 0 Å². The number of benzene rings is 2. The third kappa shape index (κ3) is 3.17. The van der Waals surface area contributed by atoms with Gasteiger partial charge in [-0.25, -0.2) is 4.39 Å². The van der Waals surface area contributed by atoms with E-state index in [0.29, 0.717) is 12.1 Å². The Bertz CT molecular complexity index is 833. The van der Waals surface area contributed by atoms with Gasteiger partial charge in [-0.2, -0.15) is 0 Å². The highest BCUT2D eigenvalue weighted by molar-refractivity contribution is 5.53. The van der Waals surface area contributed by atoms with Crippen LogP contribution in [0.1, 0.15) is 11.3 Å². The zero-order chi connectivity index (χ0) is 15.4. The number of hydrogen-bond donors (Lipinski definition) is 2. The molecule has 1 heterocycles. The number of aromatic amines is 1. The van der Waals surface area contributed by atoms with E-state index in [2.05, 4.69) is 20.5 Å². The Labute approximate surface area is 125 Å². The highest BCUT2D eigenvalue weighted by atomic mass is 19.1. The number of halogens is 1. The van der Waals surface area contributed by atoms with E-state index < -0.39 is 5.82 Å². The Kier molecular flexibility index (Phi) is 3.91. The molecule has 0 aliphatic rings. The van der Waals surface area contributed by atoms with Gasteiger partial charge in [-0.3, -0.25) is 9.78 Å². The fourth-order valence-corrected chi connectivity index (χ4v) is 2.01. The van der Waals surface area contributed by atoms with Gasteiger partial charge in [0.1, 0.15) is 11.5 Å². The second-order valence-corrected chi connectivity index (χ2v) is 4.72. The van der Waals surface area contributed by atoms with Crippen molar-refractivity contribution in [3.05, 3.63) is 82.0 Å². The molecule has 0 saturated heterocycles. The quantitative estimate of drug-likeness (QED) is 0.776. The van der Waals surface area contributed by atoms with E-state index in [-0.39, 0.29) is 17.2 Å². The Morgan fingerprint density at radius 1 is 1.00 bits per heavy atom. The first-order valence-corrected chi connectivity index (χ1v) is 6.74. The lowest BCUT2D eigenvalue weighted by molar-refractivity contribution is 0.631. The molecular formula is C16H13FN4O. The molecule has 0 radical (unpaired) electrons. The van der Waals surface area contributed by atoms with Crippen molar-refractivity contribution < 1.29 is 4.39 Å². The van der Waals surface area contributed by atoms with Gasteiger partial charge in [0, 0.05) is 6.42 Å². The van der Waals surface area contributed by atoms with Crippen LogP contribution in [0, 0.1) is 5.82 Å². The van der Waals surface area contributed by atoms with Crippen LogP contribution in [0.25, 0.3) is 0 Å². The molecule has 0 aliphatic carbocycles. The van der Waals surface area contributed by atoms with E-state index in [1.165, 1.54) is 6.07 Å². The molecule has 0 atom stereocenters. The smallest absolute Gasteiger partial charge is 0.274 e. The summed E-state index contributed by atoms with van der Waals surface area (Å²) in [7, 11) is 0. The van der Waals surface area contributed by atoms with Crippen LogP contribution in [0.15, 0.2) is 59.4 Å². The molecule has 0 unspecified atom stereocenters. The highest BCUT2D eigenvalue weighted by Crippen LogP contribution is 2.15. The molecule has 3 rings (SSSR count). The van der Waals surface area contributed by atoms with Gasteiger partial charge >= 0.3 is 0 Å². The minimum absolute atomic E-state index is 0.104. The Balaban J connectivity index is 1.81. The van der Waals surface area contributed by atoms with Crippen LogP contribution in [0.2, 0.25) is 0 Å². The predicted octanol–water partition coefficient (Wildman–Crippen LogP) is 2.64. The molecule has 6 heteroatoms. The average molecular weight is 296 g/mol. The summed E-state index contributed by atoms with van der Waals surface area (Å²) >= 11 is 0. The molecule has 0 spiro atoms. The third-order valence-electron chi connectivity index (χ3n) is 3.11. The van der Waals surface area contributed by atoms with Crippen molar-refractivity contribution in [1.29, 1.82) is 0 Å². The lowest BCUT2D eigenvalue weighted by atomic mass is 10.1. The standard InChI is InChI=1S/C16H13FN4O/c17-12-8-4-5-9-13(12)18-16-19-15(22)14(20-21-16)10-11-6-2-1-3-7-11/h1-9H,10H2,(H2,18,19,21,22). The van der Waals surface area contributed by atoms with Crippen molar-refractivity contribution in [1.82, 2.24) is 15.2 Å². The van der Waals surface area contributed by atoms with Gasteiger partial charge in [0.05, 0.1) is 5.69 Å². The summed E-state index contributed by atoms with van der Waals surface area (Å²) in [6.07, 6.45) is 0.392. The number of H-pyrrole nitrogens is 1. The SMILES string of the molecule is O=c1[nH]c(Nc2ccccc2F)nnc1Cc1ccccc1. The summed E-state index contributed by atoms with van der Waals surface area (Å²) in [5.74, 6) is -0.328. The number of aromatic nitrogens is 3. The molecule has 2 N–H and O–H groups in total. The van der Waals surface area contributed by atoms with Crippen molar-refractivity contribution in [2.45, 2.75) is 6.42 Å². The van der Waals surface area contributed by atoms with Crippen LogP contribution >= 0.6 is 0 Å². The highest BCUT2D eigenvalue weighted by Gasteiger charge is 2.07. The van der Waals surface area contributed by atoms with Crippen LogP contribution in [0.4, 0.5) is 16.0 Å². The summed E-state index contributed by atoms with van der Waals surface area (Å²) in [6.45, 7) is 0. The van der Waals surface area contributed by atoms with Gasteiger partial charge in [0.15, 0.2) is 0 Å². The molecule has 110 valence electrons. The third-order valence-corrected chi connectivity index (χ3v) is 3.11. The summed E-state index contributed by atoms with van der Waals surface area (Å²) in [6, 6.07) is 15.6. The zero-order valence-corrected chi connectivity index (χ0v) is 11.6. The van der Waals surface area contributed by atoms with Gasteiger partial charge in [-0.05, 0) is 17.7 Å². The van der Waals surface area contributed by atoms with E-state index in [9.17, 15) is 9.18 Å². The lowest BCUT2D eigenvalue weighted by Crippen LogP contribution is -2.19. The normalized spacial score (nSPS) is 10.4. The molecule has 0 bridgehead atoms. The van der Waals surface area contributed by atoms with Gasteiger partial charge in [0.2, 0.25) is 5.95 Å². The zero-order valence-electron chi connectivity index (χ0n) is 11.6. The van der Waals surface area contributed by atoms with Gasteiger partial charge in [-0.1, -0.05) is 42.5 Å². The molecule has 22 heavy (non-hydrogen) atoms. The van der Waals surface area contributed by atoms with Gasteiger partial charge in [-0.15, -0.1) is 10.2 Å². The molecule has 0 amide bonds. The van der Waals surface area contributed by atoms with Crippen LogP contribution < -0.4 is 10.9 Å². The minimum Gasteiger partial charge on any atom is -0.322 e. The molecule has 0 aliphatic heterocycles. The molecule has 2 aromatic carbocycles. The maximum atomic E-state index is 13.5. The van der Waals surface area contributed by atoms with Crippen molar-refractivity contribution >= 4 is 11.6 Å². The molecule has 1 aromatic heterocycles. The van der Waals surface area contributed by atoms with Crippen LogP contribution in [-0.2, 0) is 6.42 Å². The number of rotatable bonds is 4. The van der Waals surface area contributed by atoms with Crippen LogP contribution in [0.5, 0.6) is 0 Å². The predicted molar refractivity (Wildman–Crippen MR) is 81.6 cm³/mol. The van der Waals surface area contributed by atoms with E-state index in [1.54, 1.807) is 18.2 Å². The molecule has 5 nitrogen and oxygen atoms in total. The number of nitrogens with zero attached hydrogens (tertiary/aromatic N) is 2. The van der Waals surface area contributed by atoms with Crippen molar-refractivity contribution in [3.8, 4) is 0 Å². The fourth-order valence-electron chi connectivity index (χ4n) is 2.01. The lowest BCUT2D eigenvalue weighted by Gasteiger charge is -2.06. The van der Waals surface area contributed by atoms with Crippen molar-refractivity contribution in [2.75, 3.05) is 5.32 Å². The summed E-state index contributed by atoms with van der Waals surface area (Å²) in [4.78, 5) is 14.6. The van der Waals surface area contributed by atoms with Gasteiger partial charge < -0.3 is 5.32 Å². The van der Waals surface area contributed by atoms with Crippen molar-refractivity contribution in [3.63, 3.8) is 0 Å². The Morgan fingerprint density at radius 2 is 1.73 bits per heavy atom. The molecule has 0 fully saturated rings. The van der Waals surface area contributed by atoms with Crippen LogP contribution in [-0.4, -0.2) is 15.2 Å². The minimum atomic E-state index is -0.432. The summed E-state index contributed by atoms with van der Waals surface area (Å²) in [5.41, 5.74) is 1.16. The first kappa shape index (κ1) is 13.9. The van der Waals surface area contributed by atoms with E-state index in [1.807, 2.05) is 30.3 Å². The number of para-hydroxylation sites is 1. The van der Waals surface area contributed by atoms with Gasteiger partial charge in [0.25, 0.3) is 5.56 Å². The summed E-state index contributed by atoms with van der Waals surface area (Å²) in [5, 5.41) is 10.5. The first-order valence-electron chi connectivity index (χ1n) is 6.74. The summed E-state index contributed by atoms with van der Waals surface area (Å²) < 4.78 is 13.5. The molecular weight excluding hydrogens is 283 g/mol. The number of hydrogen-bond acceptors (Lipinski definition) is 4. The number of nitrogens with one attached hydrogen (secondary N) is 2. The van der Waals surface area contributed by atoms with E-state index >= 15 is 0 Å². The maximum absolute atomic E-state index is 13.5. The fraction of sp³-hybridized carbons (Fsp3) is 0.0625. The maximum Gasteiger partial charge on any atom is 0.274 e. The first-order chi connectivity index (χ1) is 10.7. The Hall–Kier alpha value is -3.02. The van der Waals surface area contributed by atoms with Crippen molar-refractivity contribution in [2.24, 2.45) is 0 Å². The monoisotopic (exact) mass is 296 g/mol. The second kappa shape index (κ2) is 6.17. The topological polar surface area (TPSA) is 70.7 Å². The average Bonchev–Trinajstić information content (AvgIpc) is 2.53. The van der Waals surface area contributed by atoms with Crippen LogP contribution in [0.3, 0.4) is 0 Å². The number of anilines is 2.